The van der Waals surface area contributed by atoms with Gasteiger partial charge >= 0.3 is 0 Å². The van der Waals surface area contributed by atoms with Crippen LogP contribution in [0.25, 0.3) is 11.6 Å². The van der Waals surface area contributed by atoms with E-state index >= 15 is 0 Å². The third-order valence-electron chi connectivity index (χ3n) is 4.25. The molecule has 0 aliphatic carbocycles. The second kappa shape index (κ2) is 6.28. The molecule has 3 aromatic rings. The van der Waals surface area contributed by atoms with Crippen molar-refractivity contribution in [1.29, 1.82) is 0 Å². The van der Waals surface area contributed by atoms with Crippen LogP contribution < -0.4 is 0 Å². The Kier molecular flexibility index (Phi) is 3.94. The van der Waals surface area contributed by atoms with Crippen molar-refractivity contribution >= 4 is 5.91 Å². The van der Waals surface area contributed by atoms with Crippen LogP contribution in [0, 0.1) is 18.6 Å². The number of halogens is 2. The zero-order valence-electron chi connectivity index (χ0n) is 13.8. The van der Waals surface area contributed by atoms with E-state index < -0.39 is 11.6 Å². The lowest BCUT2D eigenvalue weighted by Crippen LogP contribution is -2.29. The number of carbonyl (C=O) groups is 1. The van der Waals surface area contributed by atoms with Gasteiger partial charge in [-0.25, -0.2) is 13.5 Å². The van der Waals surface area contributed by atoms with Crippen molar-refractivity contribution in [3.63, 3.8) is 0 Å². The summed E-state index contributed by atoms with van der Waals surface area (Å²) in [4.78, 5) is 18.1. The van der Waals surface area contributed by atoms with Crippen LogP contribution in [0.1, 0.15) is 28.6 Å². The highest BCUT2D eigenvalue weighted by Gasteiger charge is 2.29. The molecular formula is C16H14F2N6O2. The third-order valence-corrected chi connectivity index (χ3v) is 4.25. The minimum atomic E-state index is -1.04. The van der Waals surface area contributed by atoms with Crippen molar-refractivity contribution in [3.8, 4) is 11.6 Å². The summed E-state index contributed by atoms with van der Waals surface area (Å²) < 4.78 is 33.1. The van der Waals surface area contributed by atoms with E-state index in [-0.39, 0.29) is 23.4 Å². The van der Waals surface area contributed by atoms with Crippen molar-refractivity contribution in [1.82, 2.24) is 30.0 Å². The zero-order chi connectivity index (χ0) is 18.3. The Hall–Kier alpha value is -3.17. The molecular weight excluding hydrogens is 346 g/mol. The molecule has 0 spiro atoms. The summed E-state index contributed by atoms with van der Waals surface area (Å²) in [6.45, 7) is 2.58. The van der Waals surface area contributed by atoms with E-state index in [0.29, 0.717) is 31.0 Å². The van der Waals surface area contributed by atoms with Gasteiger partial charge in [0, 0.05) is 18.7 Å². The first kappa shape index (κ1) is 16.3. The van der Waals surface area contributed by atoms with Crippen LogP contribution in [-0.2, 0) is 0 Å². The van der Waals surface area contributed by atoms with Crippen LogP contribution in [0.2, 0.25) is 0 Å². The van der Waals surface area contributed by atoms with Crippen LogP contribution in [0.5, 0.6) is 0 Å². The lowest BCUT2D eigenvalue weighted by molar-refractivity contribution is 0.0786. The van der Waals surface area contributed by atoms with Gasteiger partial charge < -0.3 is 9.42 Å². The molecule has 26 heavy (non-hydrogen) atoms. The number of aromatic nitrogens is 5. The van der Waals surface area contributed by atoms with E-state index in [9.17, 15) is 13.6 Å². The zero-order valence-corrected chi connectivity index (χ0v) is 13.8. The minimum Gasteiger partial charge on any atom is -0.336 e. The summed E-state index contributed by atoms with van der Waals surface area (Å²) in [6.07, 6.45) is 2.35. The maximum atomic E-state index is 13.3. The van der Waals surface area contributed by atoms with E-state index in [1.54, 1.807) is 22.7 Å². The molecule has 1 atom stereocenters. The molecule has 0 N–H and O–H groups in total. The van der Waals surface area contributed by atoms with Crippen molar-refractivity contribution < 1.29 is 18.1 Å². The van der Waals surface area contributed by atoms with E-state index in [1.165, 1.54) is 6.07 Å². The number of hydrogen-bond acceptors (Lipinski definition) is 6. The molecule has 1 aliphatic rings. The standard InChI is InChI=1S/C16H14F2N6O2/c1-9-19-15(26-21-9)14-8-24(22-20-14)11-4-5-23(7-11)16(25)10-2-3-12(17)13(18)6-10/h2-3,6,8,11H,4-5,7H2,1H3. The van der Waals surface area contributed by atoms with Gasteiger partial charge in [0.05, 0.1) is 12.2 Å². The Morgan fingerprint density at radius 1 is 1.31 bits per heavy atom. The van der Waals surface area contributed by atoms with Crippen molar-refractivity contribution in [3.05, 3.63) is 47.4 Å². The third kappa shape index (κ3) is 2.93. The summed E-state index contributed by atoms with van der Waals surface area (Å²) in [6, 6.07) is 3.07. The van der Waals surface area contributed by atoms with E-state index in [4.69, 9.17) is 4.52 Å². The predicted molar refractivity (Wildman–Crippen MR) is 84.0 cm³/mol. The fourth-order valence-electron chi connectivity index (χ4n) is 2.91. The number of hydrogen-bond donors (Lipinski definition) is 0. The highest BCUT2D eigenvalue weighted by atomic mass is 19.2. The number of aryl methyl sites for hydroxylation is 1. The van der Waals surface area contributed by atoms with Gasteiger partial charge in [0.15, 0.2) is 23.2 Å². The Bertz CT molecular complexity index is 969. The van der Waals surface area contributed by atoms with E-state index in [0.717, 1.165) is 12.1 Å². The average molecular weight is 360 g/mol. The normalized spacial score (nSPS) is 17.0. The van der Waals surface area contributed by atoms with Crippen LogP contribution in [-0.4, -0.2) is 49.0 Å². The SMILES string of the molecule is Cc1noc(-c2cn(C3CCN(C(=O)c4ccc(F)c(F)c4)C3)nn2)n1. The predicted octanol–water partition coefficient (Wildman–Crippen LogP) is 2.00. The molecule has 0 bridgehead atoms. The van der Waals surface area contributed by atoms with Gasteiger partial charge in [0.1, 0.15) is 0 Å². The number of rotatable bonds is 3. The quantitative estimate of drug-likeness (QED) is 0.710. The molecule has 1 amide bonds. The van der Waals surface area contributed by atoms with Gasteiger partial charge in [-0.15, -0.1) is 5.10 Å². The van der Waals surface area contributed by atoms with Gasteiger partial charge in [0.2, 0.25) is 0 Å². The lowest BCUT2D eigenvalue weighted by Gasteiger charge is -2.16. The molecule has 134 valence electrons. The van der Waals surface area contributed by atoms with Gasteiger partial charge in [-0.2, -0.15) is 4.98 Å². The second-order valence-electron chi connectivity index (χ2n) is 6.05. The number of benzene rings is 1. The Balaban J connectivity index is 1.47. The van der Waals surface area contributed by atoms with E-state index in [1.807, 2.05) is 0 Å². The highest BCUT2D eigenvalue weighted by Crippen LogP contribution is 2.24. The average Bonchev–Trinajstić information content (AvgIpc) is 3.35. The second-order valence-corrected chi connectivity index (χ2v) is 6.05. The van der Waals surface area contributed by atoms with Crippen LogP contribution >= 0.6 is 0 Å². The molecule has 1 aromatic carbocycles. The Morgan fingerprint density at radius 3 is 2.88 bits per heavy atom. The molecule has 0 saturated carbocycles. The maximum absolute atomic E-state index is 13.3. The van der Waals surface area contributed by atoms with Gasteiger partial charge in [-0.05, 0) is 31.5 Å². The highest BCUT2D eigenvalue weighted by molar-refractivity contribution is 5.94. The van der Waals surface area contributed by atoms with Gasteiger partial charge in [0.25, 0.3) is 11.8 Å². The summed E-state index contributed by atoms with van der Waals surface area (Å²) in [7, 11) is 0. The number of carbonyl (C=O) groups excluding carboxylic acids is 1. The lowest BCUT2D eigenvalue weighted by atomic mass is 10.2. The van der Waals surface area contributed by atoms with Crippen LogP contribution in [0.3, 0.4) is 0 Å². The van der Waals surface area contributed by atoms with E-state index in [2.05, 4.69) is 20.5 Å². The summed E-state index contributed by atoms with van der Waals surface area (Å²) in [5.74, 6) is -1.59. The molecule has 1 fully saturated rings. The molecule has 1 saturated heterocycles. The van der Waals surface area contributed by atoms with Gasteiger partial charge in [-0.3, -0.25) is 4.79 Å². The van der Waals surface area contributed by atoms with Crippen LogP contribution in [0.15, 0.2) is 28.9 Å². The number of likely N-dealkylation sites (tertiary alicyclic amines) is 1. The molecule has 8 nitrogen and oxygen atoms in total. The topological polar surface area (TPSA) is 89.9 Å². The number of amides is 1. The van der Waals surface area contributed by atoms with Crippen molar-refractivity contribution in [2.45, 2.75) is 19.4 Å². The molecule has 1 aliphatic heterocycles. The summed E-state index contributed by atoms with van der Waals surface area (Å²) in [5.41, 5.74) is 0.571. The first-order valence-electron chi connectivity index (χ1n) is 7.98. The fourth-order valence-corrected chi connectivity index (χ4v) is 2.91. The fraction of sp³-hybridized carbons (Fsp3) is 0.312. The maximum Gasteiger partial charge on any atom is 0.280 e. The molecule has 4 rings (SSSR count). The first-order chi connectivity index (χ1) is 12.5. The van der Waals surface area contributed by atoms with Gasteiger partial charge in [-0.1, -0.05) is 10.4 Å². The molecule has 0 radical (unpaired) electrons. The Labute approximate surface area is 146 Å². The van der Waals surface area contributed by atoms with Crippen molar-refractivity contribution in [2.75, 3.05) is 13.1 Å². The molecule has 10 heteroatoms. The first-order valence-corrected chi connectivity index (χ1v) is 7.98. The summed E-state index contributed by atoms with van der Waals surface area (Å²) in [5, 5.41) is 11.8. The molecule has 2 aromatic heterocycles. The molecule has 1 unspecified atom stereocenters. The summed E-state index contributed by atoms with van der Waals surface area (Å²) >= 11 is 0. The van der Waals surface area contributed by atoms with Crippen molar-refractivity contribution in [2.24, 2.45) is 0 Å². The monoisotopic (exact) mass is 360 g/mol. The largest absolute Gasteiger partial charge is 0.336 e. The Morgan fingerprint density at radius 2 is 2.15 bits per heavy atom. The molecule has 3 heterocycles. The van der Waals surface area contributed by atoms with Crippen LogP contribution in [0.4, 0.5) is 8.78 Å². The smallest absolute Gasteiger partial charge is 0.280 e. The minimum absolute atomic E-state index is 0.0745. The number of nitrogens with zero attached hydrogens (tertiary/aromatic N) is 6.